The zero-order valence-electron chi connectivity index (χ0n) is 41.0. The highest BCUT2D eigenvalue weighted by molar-refractivity contribution is 5.69. The lowest BCUT2D eigenvalue weighted by molar-refractivity contribution is -0.311. The second kappa shape index (κ2) is 35.5. The van der Waals surface area contributed by atoms with Gasteiger partial charge < -0.3 is 52.1 Å². The summed E-state index contributed by atoms with van der Waals surface area (Å²) in [4.78, 5) is 72.5. The summed E-state index contributed by atoms with van der Waals surface area (Å²) < 4.78 is 62.7. The van der Waals surface area contributed by atoms with Crippen LogP contribution in [0.15, 0.2) is 12.2 Å². The Morgan fingerprint density at radius 3 is 1.24 bits per heavy atom. The second-order valence-corrected chi connectivity index (χ2v) is 17.2. The quantitative estimate of drug-likeness (QED) is 0.0255. The fourth-order valence-corrected chi connectivity index (χ4v) is 7.92. The summed E-state index contributed by atoms with van der Waals surface area (Å²) in [7, 11) is 0. The lowest BCUT2D eigenvalue weighted by Gasteiger charge is -2.42. The summed E-state index contributed by atoms with van der Waals surface area (Å²) in [5, 5.41) is 0. The van der Waals surface area contributed by atoms with E-state index >= 15 is 0 Å². The summed E-state index contributed by atoms with van der Waals surface area (Å²) in [6.07, 6.45) is 18.3. The molecular weight excluding hydrogens is 861 g/mol. The van der Waals surface area contributed by atoms with E-state index in [-0.39, 0.29) is 26.4 Å². The van der Waals surface area contributed by atoms with E-state index in [1.165, 1.54) is 117 Å². The standard InChI is InChI=1S/C49H82O17/c1-8-9-10-11-12-13-14-15-16-17-18-19-20-21-22-23-24-25-26-27-28-29-30-56-31-41(66-49-47(65-40(7)55)45(63-38(5)53)43(34-59-49)61-36(3)51)32-57-48-46(64-39(6)54)44(62-37(4)52)42(33-58-48)60-35(2)50/h13-14,41-49H,8-12,15-34H2,1-7H3/b14-13-/t41-,42-,43-,44+,45+,46-,47-,48-,49+/m1/s1. The van der Waals surface area contributed by atoms with E-state index in [0.717, 1.165) is 53.4 Å². The van der Waals surface area contributed by atoms with Crippen molar-refractivity contribution in [3.05, 3.63) is 12.2 Å². The molecule has 2 fully saturated rings. The van der Waals surface area contributed by atoms with Crippen molar-refractivity contribution in [3.8, 4) is 0 Å². The molecule has 0 unspecified atom stereocenters. The Hall–Kier alpha value is -3.64. The fourth-order valence-electron chi connectivity index (χ4n) is 7.92. The van der Waals surface area contributed by atoms with E-state index in [2.05, 4.69) is 19.1 Å². The van der Waals surface area contributed by atoms with Crippen molar-refractivity contribution >= 4 is 35.8 Å². The van der Waals surface area contributed by atoms with Crippen LogP contribution in [0.1, 0.15) is 177 Å². The number of carbonyl (C=O) groups excluding carboxylic acids is 6. The maximum Gasteiger partial charge on any atom is 0.303 e. The van der Waals surface area contributed by atoms with E-state index in [0.29, 0.717) is 6.61 Å². The molecule has 0 aromatic carbocycles. The molecule has 17 nitrogen and oxygen atoms in total. The molecule has 0 bridgehead atoms. The Morgan fingerprint density at radius 2 is 0.818 bits per heavy atom. The number of hydrogen-bond donors (Lipinski definition) is 0. The van der Waals surface area contributed by atoms with Gasteiger partial charge >= 0.3 is 35.8 Å². The first-order valence-corrected chi connectivity index (χ1v) is 24.5. The summed E-state index contributed by atoms with van der Waals surface area (Å²) in [5.74, 6) is -4.28. The summed E-state index contributed by atoms with van der Waals surface area (Å²) >= 11 is 0. The molecule has 0 amide bonds. The van der Waals surface area contributed by atoms with E-state index in [1.54, 1.807) is 0 Å². The van der Waals surface area contributed by atoms with Gasteiger partial charge in [-0.3, -0.25) is 28.8 Å². The second-order valence-electron chi connectivity index (χ2n) is 17.2. The van der Waals surface area contributed by atoms with Crippen LogP contribution in [0.2, 0.25) is 0 Å². The number of esters is 6. The molecule has 2 heterocycles. The number of hydrogen-bond acceptors (Lipinski definition) is 17. The maximum atomic E-state index is 12.3. The highest BCUT2D eigenvalue weighted by Crippen LogP contribution is 2.29. The Labute approximate surface area is 393 Å². The molecule has 17 heteroatoms. The third kappa shape index (κ3) is 26.6. The molecule has 0 N–H and O–H groups in total. The monoisotopic (exact) mass is 943 g/mol. The van der Waals surface area contributed by atoms with Crippen LogP contribution in [-0.2, 0) is 80.9 Å². The number of rotatable bonds is 35. The van der Waals surface area contributed by atoms with E-state index in [4.69, 9.17) is 52.1 Å². The number of unbranched alkanes of at least 4 members (excludes halogenated alkanes) is 18. The van der Waals surface area contributed by atoms with E-state index in [1.807, 2.05) is 0 Å². The minimum absolute atomic E-state index is 0.0523. The van der Waals surface area contributed by atoms with Gasteiger partial charge in [0, 0.05) is 48.1 Å². The summed E-state index contributed by atoms with van der Waals surface area (Å²) in [6, 6.07) is 0. The van der Waals surface area contributed by atoms with E-state index in [9.17, 15) is 28.8 Å². The summed E-state index contributed by atoms with van der Waals surface area (Å²) in [5.41, 5.74) is 0. The zero-order chi connectivity index (χ0) is 48.5. The van der Waals surface area contributed by atoms with Crippen LogP contribution in [0.4, 0.5) is 0 Å². The molecule has 66 heavy (non-hydrogen) atoms. The predicted octanol–water partition coefficient (Wildman–Crippen LogP) is 8.09. The predicted molar refractivity (Wildman–Crippen MR) is 242 cm³/mol. The third-order valence-electron chi connectivity index (χ3n) is 11.0. The molecule has 9 atom stereocenters. The molecule has 0 spiro atoms. The Bertz CT molecular complexity index is 1420. The van der Waals surface area contributed by atoms with Crippen molar-refractivity contribution in [1.29, 1.82) is 0 Å². The van der Waals surface area contributed by atoms with Gasteiger partial charge in [-0.05, 0) is 32.1 Å². The van der Waals surface area contributed by atoms with Crippen molar-refractivity contribution in [2.45, 2.75) is 232 Å². The average Bonchev–Trinajstić information content (AvgIpc) is 3.24. The van der Waals surface area contributed by atoms with E-state index < -0.39 is 91.1 Å². The SMILES string of the molecule is CCCCCC/C=C\CCCCCCCCCCCCCCCCOC[C@H](CO[C@@H]1OC[C@@H](OC(C)=O)[C@H](OC(C)=O)[C@H]1OC(C)=O)O[C@@H]1OC[C@@H](OC(C)=O)[C@H](OC(C)=O)[C@H]1OC(C)=O. The molecule has 380 valence electrons. The van der Waals surface area contributed by atoms with Gasteiger partial charge in [0.2, 0.25) is 0 Å². The fraction of sp³-hybridized carbons (Fsp3) is 0.837. The first-order chi connectivity index (χ1) is 31.7. The average molecular weight is 943 g/mol. The van der Waals surface area contributed by atoms with Gasteiger partial charge in [0.25, 0.3) is 0 Å². The lowest BCUT2D eigenvalue weighted by Crippen LogP contribution is -2.59. The molecular formula is C49H82O17. The highest BCUT2D eigenvalue weighted by Gasteiger charge is 2.50. The highest BCUT2D eigenvalue weighted by atomic mass is 16.8. The van der Waals surface area contributed by atoms with Gasteiger partial charge in [-0.1, -0.05) is 115 Å². The normalized spacial score (nSPS) is 23.4. The van der Waals surface area contributed by atoms with Gasteiger partial charge in [-0.25, -0.2) is 0 Å². The number of allylic oxidation sites excluding steroid dienone is 2. The van der Waals surface area contributed by atoms with Crippen molar-refractivity contribution in [3.63, 3.8) is 0 Å². The molecule has 0 aromatic heterocycles. The first-order valence-electron chi connectivity index (χ1n) is 24.5. The van der Waals surface area contributed by atoms with Gasteiger partial charge in [0.15, 0.2) is 49.2 Å². The molecule has 2 aliphatic rings. The molecule has 2 saturated heterocycles. The molecule has 2 rings (SSSR count). The Kier molecular flexibility index (Phi) is 31.5. The van der Waals surface area contributed by atoms with Crippen LogP contribution in [0.3, 0.4) is 0 Å². The molecule has 0 aliphatic carbocycles. The maximum absolute atomic E-state index is 12.3. The Morgan fingerprint density at radius 1 is 0.455 bits per heavy atom. The zero-order valence-corrected chi connectivity index (χ0v) is 41.0. The first kappa shape index (κ1) is 58.5. The van der Waals surface area contributed by atoms with Crippen molar-refractivity contribution in [1.82, 2.24) is 0 Å². The van der Waals surface area contributed by atoms with Crippen molar-refractivity contribution in [2.75, 3.05) is 33.0 Å². The smallest absolute Gasteiger partial charge is 0.303 e. The van der Waals surface area contributed by atoms with Gasteiger partial charge in [-0.15, -0.1) is 0 Å². The number of ether oxygens (including phenoxy) is 11. The lowest BCUT2D eigenvalue weighted by atomic mass is 10.0. The molecule has 0 aromatic rings. The molecule has 2 aliphatic heterocycles. The minimum Gasteiger partial charge on any atom is -0.456 e. The number of carbonyl (C=O) groups is 6. The Balaban J connectivity index is 1.91. The molecule has 0 saturated carbocycles. The van der Waals surface area contributed by atoms with Crippen molar-refractivity contribution < 1.29 is 80.9 Å². The van der Waals surface area contributed by atoms with Gasteiger partial charge in [-0.2, -0.15) is 0 Å². The van der Waals surface area contributed by atoms with Gasteiger partial charge in [0.1, 0.15) is 6.10 Å². The van der Waals surface area contributed by atoms with Crippen molar-refractivity contribution in [2.24, 2.45) is 0 Å². The topological polar surface area (TPSA) is 204 Å². The third-order valence-corrected chi connectivity index (χ3v) is 11.0. The van der Waals surface area contributed by atoms with Gasteiger partial charge in [0.05, 0.1) is 26.4 Å². The minimum atomic E-state index is -1.37. The summed E-state index contributed by atoms with van der Waals surface area (Å²) in [6.45, 7) is 8.74. The largest absolute Gasteiger partial charge is 0.456 e. The molecule has 0 radical (unpaired) electrons. The van der Waals surface area contributed by atoms with Crippen LogP contribution in [-0.4, -0.2) is 124 Å². The van der Waals surface area contributed by atoms with Crippen LogP contribution in [0.5, 0.6) is 0 Å². The van der Waals surface area contributed by atoms with Crippen LogP contribution in [0, 0.1) is 0 Å². The van der Waals surface area contributed by atoms with Crippen LogP contribution < -0.4 is 0 Å². The van der Waals surface area contributed by atoms with Crippen LogP contribution >= 0.6 is 0 Å². The van der Waals surface area contributed by atoms with Crippen LogP contribution in [0.25, 0.3) is 0 Å².